The Balaban J connectivity index is 2.46. The average Bonchev–Trinajstić information content (AvgIpc) is 2.61. The lowest BCUT2D eigenvalue weighted by Gasteiger charge is -2.29. The molecule has 1 aliphatic rings. The molecule has 0 amide bonds. The van der Waals surface area contributed by atoms with Crippen molar-refractivity contribution < 1.29 is 9.50 Å². The van der Waals surface area contributed by atoms with Gasteiger partial charge in [-0.25, -0.2) is 4.39 Å². The smallest absolute Gasteiger partial charge is 0.126 e. The third-order valence-electron chi connectivity index (χ3n) is 3.45. The molecule has 1 aliphatic carbocycles. The Morgan fingerprint density at radius 3 is 3.00 bits per heavy atom. The highest BCUT2D eigenvalue weighted by molar-refractivity contribution is 5.39. The minimum Gasteiger partial charge on any atom is -0.396 e. The van der Waals surface area contributed by atoms with Crippen LogP contribution in [0.1, 0.15) is 24.0 Å². The lowest BCUT2D eigenvalue weighted by atomic mass is 9.89. The van der Waals surface area contributed by atoms with Crippen LogP contribution < -0.4 is 5.32 Å². The number of benzene rings is 1. The summed E-state index contributed by atoms with van der Waals surface area (Å²) in [4.78, 5) is 0. The molecule has 2 N–H and O–H groups in total. The summed E-state index contributed by atoms with van der Waals surface area (Å²) in [5, 5.41) is 12.3. The van der Waals surface area contributed by atoms with Gasteiger partial charge >= 0.3 is 0 Å². The lowest BCUT2D eigenvalue weighted by molar-refractivity contribution is 0.216. The highest BCUT2D eigenvalue weighted by Gasteiger charge is 2.37. The van der Waals surface area contributed by atoms with Crippen LogP contribution in [0.15, 0.2) is 18.2 Å². The fourth-order valence-electron chi connectivity index (χ4n) is 2.57. The maximum absolute atomic E-state index is 13.5. The van der Waals surface area contributed by atoms with Gasteiger partial charge in [-0.2, -0.15) is 0 Å². The fraction of sp³-hybridized carbons (Fsp3) is 0.500. The van der Waals surface area contributed by atoms with E-state index in [0.29, 0.717) is 6.42 Å². The molecule has 1 unspecified atom stereocenters. The summed E-state index contributed by atoms with van der Waals surface area (Å²) in [7, 11) is 1.87. The van der Waals surface area contributed by atoms with Crippen molar-refractivity contribution >= 4 is 0 Å². The summed E-state index contributed by atoms with van der Waals surface area (Å²) in [5.41, 5.74) is 1.59. The molecule has 0 aromatic heterocycles. The zero-order valence-corrected chi connectivity index (χ0v) is 8.89. The van der Waals surface area contributed by atoms with Crippen molar-refractivity contribution in [3.8, 4) is 0 Å². The minimum atomic E-state index is -0.230. The largest absolute Gasteiger partial charge is 0.396 e. The second-order valence-corrected chi connectivity index (χ2v) is 4.07. The molecule has 2 rings (SSSR count). The van der Waals surface area contributed by atoms with Crippen LogP contribution in [-0.2, 0) is 12.0 Å². The Labute approximate surface area is 89.1 Å². The molecule has 0 radical (unpaired) electrons. The molecule has 0 saturated carbocycles. The van der Waals surface area contributed by atoms with Crippen molar-refractivity contribution in [2.75, 3.05) is 13.7 Å². The molecule has 0 spiro atoms. The molecule has 3 heteroatoms. The van der Waals surface area contributed by atoms with Crippen LogP contribution in [0.5, 0.6) is 0 Å². The van der Waals surface area contributed by atoms with Crippen molar-refractivity contribution in [1.29, 1.82) is 0 Å². The minimum absolute atomic E-state index is 0.122. The highest BCUT2D eigenvalue weighted by Crippen LogP contribution is 2.39. The number of rotatable bonds is 3. The van der Waals surface area contributed by atoms with Gasteiger partial charge in [-0.15, -0.1) is 0 Å². The quantitative estimate of drug-likeness (QED) is 0.792. The molecule has 1 aromatic rings. The second kappa shape index (κ2) is 3.91. The maximum Gasteiger partial charge on any atom is 0.126 e. The Morgan fingerprint density at radius 1 is 1.53 bits per heavy atom. The number of hydrogen-bond acceptors (Lipinski definition) is 2. The molecule has 0 fully saturated rings. The predicted molar refractivity (Wildman–Crippen MR) is 57.2 cm³/mol. The normalized spacial score (nSPS) is 24.2. The van der Waals surface area contributed by atoms with Crippen LogP contribution in [0.25, 0.3) is 0 Å². The van der Waals surface area contributed by atoms with Crippen LogP contribution in [0, 0.1) is 5.82 Å². The van der Waals surface area contributed by atoms with Crippen LogP contribution in [0.2, 0.25) is 0 Å². The first-order chi connectivity index (χ1) is 7.23. The first kappa shape index (κ1) is 10.6. The van der Waals surface area contributed by atoms with E-state index in [-0.39, 0.29) is 18.0 Å². The maximum atomic E-state index is 13.5. The molecule has 0 saturated heterocycles. The molecular formula is C12H16FNO. The molecule has 15 heavy (non-hydrogen) atoms. The first-order valence-corrected chi connectivity index (χ1v) is 5.31. The summed E-state index contributed by atoms with van der Waals surface area (Å²) in [6.45, 7) is 0.122. The molecule has 1 atom stereocenters. The van der Waals surface area contributed by atoms with Crippen molar-refractivity contribution in [2.24, 2.45) is 0 Å². The SMILES string of the molecule is CNC1(CCO)CCc2c(F)cccc21. The van der Waals surface area contributed by atoms with Gasteiger partial charge < -0.3 is 10.4 Å². The molecular weight excluding hydrogens is 193 g/mol. The van der Waals surface area contributed by atoms with E-state index < -0.39 is 0 Å². The van der Waals surface area contributed by atoms with Crippen molar-refractivity contribution in [3.05, 3.63) is 35.1 Å². The Hall–Kier alpha value is -0.930. The molecule has 2 nitrogen and oxygen atoms in total. The van der Waals surface area contributed by atoms with Gasteiger partial charge in [0, 0.05) is 12.1 Å². The van der Waals surface area contributed by atoms with E-state index in [1.807, 2.05) is 13.1 Å². The molecule has 1 aromatic carbocycles. The topological polar surface area (TPSA) is 32.3 Å². The van der Waals surface area contributed by atoms with Crippen molar-refractivity contribution in [3.63, 3.8) is 0 Å². The van der Waals surface area contributed by atoms with Gasteiger partial charge in [0.1, 0.15) is 5.82 Å². The van der Waals surface area contributed by atoms with Crippen LogP contribution >= 0.6 is 0 Å². The monoisotopic (exact) mass is 209 g/mol. The average molecular weight is 209 g/mol. The summed E-state index contributed by atoms with van der Waals surface area (Å²) in [6.07, 6.45) is 2.25. The van der Waals surface area contributed by atoms with Crippen LogP contribution in [0.4, 0.5) is 4.39 Å². The van der Waals surface area contributed by atoms with E-state index >= 15 is 0 Å². The zero-order chi connectivity index (χ0) is 10.9. The van der Waals surface area contributed by atoms with E-state index in [4.69, 9.17) is 5.11 Å². The van der Waals surface area contributed by atoms with E-state index in [9.17, 15) is 4.39 Å². The van der Waals surface area contributed by atoms with Crippen molar-refractivity contribution in [2.45, 2.75) is 24.8 Å². The molecule has 0 bridgehead atoms. The number of aliphatic hydroxyl groups excluding tert-OH is 1. The fourth-order valence-corrected chi connectivity index (χ4v) is 2.57. The second-order valence-electron chi connectivity index (χ2n) is 4.07. The van der Waals surface area contributed by atoms with E-state index in [0.717, 1.165) is 24.0 Å². The molecule has 0 aliphatic heterocycles. The Morgan fingerprint density at radius 2 is 2.33 bits per heavy atom. The summed E-state index contributed by atoms with van der Waals surface area (Å²) in [5.74, 6) is -0.123. The van der Waals surface area contributed by atoms with Gasteiger partial charge in [-0.1, -0.05) is 12.1 Å². The van der Waals surface area contributed by atoms with Gasteiger partial charge in [-0.3, -0.25) is 0 Å². The van der Waals surface area contributed by atoms with Gasteiger partial charge in [0.25, 0.3) is 0 Å². The van der Waals surface area contributed by atoms with Gasteiger partial charge in [0.15, 0.2) is 0 Å². The molecule has 0 heterocycles. The Bertz CT molecular complexity index is 367. The van der Waals surface area contributed by atoms with E-state index in [2.05, 4.69) is 5.32 Å². The van der Waals surface area contributed by atoms with Gasteiger partial charge in [0.2, 0.25) is 0 Å². The van der Waals surface area contributed by atoms with E-state index in [1.165, 1.54) is 6.07 Å². The first-order valence-electron chi connectivity index (χ1n) is 5.31. The summed E-state index contributed by atoms with van der Waals surface area (Å²) < 4.78 is 13.5. The van der Waals surface area contributed by atoms with E-state index in [1.54, 1.807) is 6.07 Å². The number of halogens is 1. The number of aliphatic hydroxyl groups is 1. The summed E-state index contributed by atoms with van der Waals surface area (Å²) in [6, 6.07) is 5.20. The number of nitrogens with one attached hydrogen (secondary N) is 1. The number of fused-ring (bicyclic) bond motifs is 1. The van der Waals surface area contributed by atoms with Gasteiger partial charge in [0.05, 0.1) is 0 Å². The standard InChI is InChI=1S/C12H16FNO/c1-14-12(7-8-15)6-5-9-10(12)3-2-4-11(9)13/h2-4,14-15H,5-8H2,1H3. The highest BCUT2D eigenvalue weighted by atomic mass is 19.1. The summed E-state index contributed by atoms with van der Waals surface area (Å²) >= 11 is 0. The predicted octanol–water partition coefficient (Wildman–Crippen LogP) is 1.57. The third kappa shape index (κ3) is 1.56. The number of hydrogen-bond donors (Lipinski definition) is 2. The lowest BCUT2D eigenvalue weighted by Crippen LogP contribution is -2.38. The molecule has 82 valence electrons. The Kier molecular flexibility index (Phi) is 2.76. The van der Waals surface area contributed by atoms with Gasteiger partial charge in [-0.05, 0) is 43.5 Å². The third-order valence-corrected chi connectivity index (χ3v) is 3.45. The van der Waals surface area contributed by atoms with Crippen LogP contribution in [-0.4, -0.2) is 18.8 Å². The van der Waals surface area contributed by atoms with Crippen LogP contribution in [0.3, 0.4) is 0 Å². The van der Waals surface area contributed by atoms with Crippen molar-refractivity contribution in [1.82, 2.24) is 5.32 Å². The zero-order valence-electron chi connectivity index (χ0n) is 8.89.